The molecule has 0 saturated carbocycles. The second-order valence-corrected chi connectivity index (χ2v) is 11.2. The summed E-state index contributed by atoms with van der Waals surface area (Å²) >= 11 is 0. The van der Waals surface area contributed by atoms with E-state index in [-0.39, 0.29) is 30.9 Å². The number of nitrogens with one attached hydrogen (secondary N) is 2. The van der Waals surface area contributed by atoms with Gasteiger partial charge in [0.05, 0.1) is 10.5 Å². The standard InChI is InChI=1S/C24H27F2N7O3S/c1-31-6-8-32(9-7-31)17-2-3-19(21(27)13-17)24(34)28-23-20-14-33(5-4-22(20)29-30-23)37(35,36)18-11-15(25)10-16(26)12-18/h2-3,10-13H,4-9,14,27H2,1H3,(H2,28,29,30,34). The van der Waals surface area contributed by atoms with Gasteiger partial charge in [-0.05, 0) is 37.4 Å². The van der Waals surface area contributed by atoms with Gasteiger partial charge in [-0.25, -0.2) is 17.2 Å². The summed E-state index contributed by atoms with van der Waals surface area (Å²) in [6, 6.07) is 7.45. The molecule has 13 heteroatoms. The molecule has 0 atom stereocenters. The van der Waals surface area contributed by atoms with Crippen molar-refractivity contribution in [2.45, 2.75) is 17.9 Å². The van der Waals surface area contributed by atoms with E-state index >= 15 is 0 Å². The third-order valence-electron chi connectivity index (χ3n) is 6.75. The van der Waals surface area contributed by atoms with Crippen LogP contribution in [-0.2, 0) is 23.0 Å². The van der Waals surface area contributed by atoms with E-state index in [0.717, 1.165) is 48.3 Å². The summed E-state index contributed by atoms with van der Waals surface area (Å²) in [4.78, 5) is 17.0. The van der Waals surface area contributed by atoms with Crippen LogP contribution >= 0.6 is 0 Å². The first-order chi connectivity index (χ1) is 17.6. The van der Waals surface area contributed by atoms with Crippen molar-refractivity contribution >= 4 is 33.1 Å². The number of fused-ring (bicyclic) bond motifs is 1. The van der Waals surface area contributed by atoms with Crippen molar-refractivity contribution in [3.63, 3.8) is 0 Å². The van der Waals surface area contributed by atoms with Gasteiger partial charge in [-0.3, -0.25) is 9.89 Å². The largest absolute Gasteiger partial charge is 0.398 e. The lowest BCUT2D eigenvalue weighted by Crippen LogP contribution is -2.44. The number of rotatable bonds is 5. The number of likely N-dealkylation sites (N-methyl/N-ethyl adjacent to an activating group) is 1. The van der Waals surface area contributed by atoms with Crippen LogP contribution in [0.1, 0.15) is 21.6 Å². The maximum absolute atomic E-state index is 13.7. The molecule has 1 fully saturated rings. The van der Waals surface area contributed by atoms with E-state index in [2.05, 4.69) is 32.4 Å². The van der Waals surface area contributed by atoms with Crippen LogP contribution in [0, 0.1) is 11.6 Å². The summed E-state index contributed by atoms with van der Waals surface area (Å²) in [5.74, 6) is -2.27. The van der Waals surface area contributed by atoms with Crippen LogP contribution in [0.25, 0.3) is 0 Å². The lowest BCUT2D eigenvalue weighted by molar-refractivity contribution is 0.102. The van der Waals surface area contributed by atoms with E-state index in [0.29, 0.717) is 23.0 Å². The molecule has 1 amide bonds. The number of carbonyl (C=O) groups excluding carboxylic acids is 1. The molecule has 0 radical (unpaired) electrons. The highest BCUT2D eigenvalue weighted by atomic mass is 32.2. The van der Waals surface area contributed by atoms with Gasteiger partial charge < -0.3 is 20.9 Å². The summed E-state index contributed by atoms with van der Waals surface area (Å²) in [5, 5.41) is 9.71. The van der Waals surface area contributed by atoms with E-state index in [9.17, 15) is 22.0 Å². The van der Waals surface area contributed by atoms with Crippen LogP contribution in [0.15, 0.2) is 41.3 Å². The monoisotopic (exact) mass is 531 g/mol. The molecule has 37 heavy (non-hydrogen) atoms. The van der Waals surface area contributed by atoms with Crippen LogP contribution < -0.4 is 16.0 Å². The van der Waals surface area contributed by atoms with Crippen molar-refractivity contribution in [3.8, 4) is 0 Å². The molecule has 2 aromatic carbocycles. The molecule has 0 unspecified atom stereocenters. The van der Waals surface area contributed by atoms with Crippen LogP contribution in [0.3, 0.4) is 0 Å². The fourth-order valence-corrected chi connectivity index (χ4v) is 6.05. The molecule has 2 aliphatic heterocycles. The summed E-state index contributed by atoms with van der Waals surface area (Å²) in [6.07, 6.45) is 0.289. The minimum absolute atomic E-state index is 0.0871. The Morgan fingerprint density at radius 1 is 1.05 bits per heavy atom. The van der Waals surface area contributed by atoms with Crippen LogP contribution in [0.5, 0.6) is 0 Å². The number of hydrogen-bond acceptors (Lipinski definition) is 7. The summed E-state index contributed by atoms with van der Waals surface area (Å²) < 4.78 is 54.5. The third kappa shape index (κ3) is 5.02. The summed E-state index contributed by atoms with van der Waals surface area (Å²) in [6.45, 7) is 3.56. The number of amides is 1. The number of aromatic amines is 1. The molecule has 1 saturated heterocycles. The number of aromatic nitrogens is 2. The van der Waals surface area contributed by atoms with Gasteiger partial charge in [0.15, 0.2) is 5.82 Å². The third-order valence-corrected chi connectivity index (χ3v) is 8.58. The summed E-state index contributed by atoms with van der Waals surface area (Å²) in [7, 11) is -2.11. The van der Waals surface area contributed by atoms with Crippen molar-refractivity contribution < 1.29 is 22.0 Å². The van der Waals surface area contributed by atoms with Gasteiger partial charge in [-0.15, -0.1) is 0 Å². The molecule has 0 bridgehead atoms. The normalized spacial score (nSPS) is 17.0. The van der Waals surface area contributed by atoms with Crippen LogP contribution in [0.2, 0.25) is 0 Å². The zero-order valence-electron chi connectivity index (χ0n) is 20.2. The Bertz CT molecular complexity index is 1430. The highest BCUT2D eigenvalue weighted by molar-refractivity contribution is 7.89. The van der Waals surface area contributed by atoms with Crippen molar-refractivity contribution in [2.24, 2.45) is 0 Å². The smallest absolute Gasteiger partial charge is 0.258 e. The van der Waals surface area contributed by atoms with Gasteiger partial charge in [0.25, 0.3) is 5.91 Å². The van der Waals surface area contributed by atoms with Gasteiger partial charge in [-0.2, -0.15) is 9.40 Å². The minimum Gasteiger partial charge on any atom is -0.398 e. The lowest BCUT2D eigenvalue weighted by Gasteiger charge is -2.34. The number of H-pyrrole nitrogens is 1. The van der Waals surface area contributed by atoms with Crippen molar-refractivity contribution in [1.29, 1.82) is 0 Å². The number of nitrogens with two attached hydrogens (primary N) is 1. The number of nitrogen functional groups attached to an aromatic ring is 1. The molecule has 3 aromatic rings. The summed E-state index contributed by atoms with van der Waals surface area (Å²) in [5.41, 5.74) is 8.89. The number of nitrogens with zero attached hydrogens (tertiary/aromatic N) is 4. The van der Waals surface area contributed by atoms with Crippen molar-refractivity contribution in [2.75, 3.05) is 55.7 Å². The van der Waals surface area contributed by atoms with Gasteiger partial charge in [0.2, 0.25) is 10.0 Å². The van der Waals surface area contributed by atoms with E-state index < -0.39 is 32.5 Å². The van der Waals surface area contributed by atoms with E-state index in [1.807, 2.05) is 6.07 Å². The van der Waals surface area contributed by atoms with Gasteiger partial charge in [-0.1, -0.05) is 0 Å². The van der Waals surface area contributed by atoms with Crippen LogP contribution in [0.4, 0.5) is 26.0 Å². The molecular weight excluding hydrogens is 504 g/mol. The van der Waals surface area contributed by atoms with Gasteiger partial charge in [0, 0.05) is 74.4 Å². The first kappa shape index (κ1) is 25.1. The average Bonchev–Trinajstić information content (AvgIpc) is 3.25. The topological polar surface area (TPSA) is 128 Å². The quantitative estimate of drug-likeness (QED) is 0.430. The first-order valence-corrected chi connectivity index (χ1v) is 13.2. The number of sulfonamides is 1. The number of carbonyl (C=O) groups is 1. The predicted molar refractivity (Wildman–Crippen MR) is 135 cm³/mol. The highest BCUT2D eigenvalue weighted by Crippen LogP contribution is 2.30. The maximum atomic E-state index is 13.7. The number of anilines is 3. The molecule has 10 nitrogen and oxygen atoms in total. The second-order valence-electron chi connectivity index (χ2n) is 9.24. The van der Waals surface area contributed by atoms with E-state index in [4.69, 9.17) is 5.73 Å². The van der Waals surface area contributed by atoms with E-state index in [1.165, 1.54) is 0 Å². The Morgan fingerprint density at radius 2 is 1.76 bits per heavy atom. The highest BCUT2D eigenvalue weighted by Gasteiger charge is 2.32. The molecule has 2 aliphatic rings. The average molecular weight is 532 g/mol. The number of hydrogen-bond donors (Lipinski definition) is 3. The zero-order valence-corrected chi connectivity index (χ0v) is 21.0. The molecule has 1 aromatic heterocycles. The first-order valence-electron chi connectivity index (χ1n) is 11.8. The Balaban J connectivity index is 1.33. The Hall–Kier alpha value is -3.55. The predicted octanol–water partition coefficient (Wildman–Crippen LogP) is 2.02. The molecular formula is C24H27F2N7O3S. The molecule has 3 heterocycles. The molecule has 4 N–H and O–H groups in total. The second kappa shape index (κ2) is 9.72. The lowest BCUT2D eigenvalue weighted by atomic mass is 10.1. The Morgan fingerprint density at radius 3 is 2.43 bits per heavy atom. The van der Waals surface area contributed by atoms with E-state index in [1.54, 1.807) is 12.1 Å². The molecule has 196 valence electrons. The Labute approximate surface area is 213 Å². The number of benzene rings is 2. The van der Waals surface area contributed by atoms with Crippen molar-refractivity contribution in [3.05, 3.63) is 64.9 Å². The fraction of sp³-hybridized carbons (Fsp3) is 0.333. The van der Waals surface area contributed by atoms with Crippen LogP contribution in [-0.4, -0.2) is 73.5 Å². The fourth-order valence-electron chi connectivity index (χ4n) is 4.60. The zero-order chi connectivity index (χ0) is 26.3. The number of piperazine rings is 1. The minimum atomic E-state index is -4.18. The van der Waals surface area contributed by atoms with Gasteiger partial charge >= 0.3 is 0 Å². The molecule has 0 spiro atoms. The van der Waals surface area contributed by atoms with Gasteiger partial charge in [0.1, 0.15) is 11.6 Å². The Kier molecular flexibility index (Phi) is 6.60. The SMILES string of the molecule is CN1CCN(c2ccc(C(=O)Nc3n[nH]c4c3CN(S(=O)(=O)c3cc(F)cc(F)c3)CC4)c(N)c2)CC1. The van der Waals surface area contributed by atoms with Crippen molar-refractivity contribution in [1.82, 2.24) is 19.4 Å². The molecule has 0 aliphatic carbocycles. The maximum Gasteiger partial charge on any atom is 0.258 e. The molecule has 5 rings (SSSR count). The number of halogens is 2.